The molecule has 0 bridgehead atoms. The Labute approximate surface area is 104 Å². The zero-order valence-electron chi connectivity index (χ0n) is 11.2. The van der Waals surface area contributed by atoms with Crippen molar-refractivity contribution >= 4 is 0 Å². The van der Waals surface area contributed by atoms with Crippen molar-refractivity contribution in [3.8, 4) is 12.3 Å². The molecule has 2 atom stereocenters. The van der Waals surface area contributed by atoms with Crippen LogP contribution in [0.3, 0.4) is 0 Å². The van der Waals surface area contributed by atoms with E-state index in [0.29, 0.717) is 19.4 Å². The first-order chi connectivity index (χ1) is 7.93. The van der Waals surface area contributed by atoms with Crippen LogP contribution in [0.15, 0.2) is 0 Å². The molecule has 0 amide bonds. The molecule has 0 aliphatic carbocycles. The molecule has 0 saturated carbocycles. The topological polar surface area (TPSA) is 38.7 Å². The van der Waals surface area contributed by atoms with E-state index in [4.69, 9.17) is 15.9 Å². The first-order valence-corrected chi connectivity index (χ1v) is 6.41. The Morgan fingerprint density at radius 1 is 1.47 bits per heavy atom. The third kappa shape index (κ3) is 3.99. The molecule has 0 aromatic heterocycles. The fourth-order valence-electron chi connectivity index (χ4n) is 2.17. The molecule has 0 radical (unpaired) electrons. The summed E-state index contributed by atoms with van der Waals surface area (Å²) in [4.78, 5) is 0. The Hall–Kier alpha value is -0.560. The number of hydrogen-bond donors (Lipinski definition) is 1. The normalized spacial score (nSPS) is 26.4. The van der Waals surface area contributed by atoms with Crippen LogP contribution in [0.4, 0.5) is 0 Å². The van der Waals surface area contributed by atoms with Crippen LogP contribution in [0.1, 0.15) is 52.9 Å². The molecule has 0 spiro atoms. The summed E-state index contributed by atoms with van der Waals surface area (Å²) in [6, 6.07) is 0. The third-order valence-electron chi connectivity index (χ3n) is 3.27. The van der Waals surface area contributed by atoms with Gasteiger partial charge in [0.05, 0.1) is 12.2 Å². The predicted molar refractivity (Wildman–Crippen MR) is 67.4 cm³/mol. The fraction of sp³-hybridized carbons (Fsp3) is 0.857. The van der Waals surface area contributed by atoms with E-state index in [-0.39, 0.29) is 6.10 Å². The molecular weight excluding hydrogens is 216 g/mol. The maximum atomic E-state index is 10.7. The minimum atomic E-state index is -0.851. The van der Waals surface area contributed by atoms with Gasteiger partial charge in [0.15, 0.2) is 5.79 Å². The van der Waals surface area contributed by atoms with E-state index in [1.54, 1.807) is 0 Å². The van der Waals surface area contributed by atoms with Crippen LogP contribution in [0.2, 0.25) is 0 Å². The van der Waals surface area contributed by atoms with E-state index >= 15 is 0 Å². The lowest BCUT2D eigenvalue weighted by atomic mass is 9.86. The Kier molecular flexibility index (Phi) is 5.00. The number of rotatable bonds is 6. The van der Waals surface area contributed by atoms with Gasteiger partial charge in [-0.2, -0.15) is 0 Å². The van der Waals surface area contributed by atoms with Gasteiger partial charge >= 0.3 is 0 Å². The second-order valence-corrected chi connectivity index (χ2v) is 5.23. The van der Waals surface area contributed by atoms with Crippen LogP contribution < -0.4 is 0 Å². The number of terminal acetylenes is 1. The minimum absolute atomic E-state index is 0.266. The molecule has 17 heavy (non-hydrogen) atoms. The van der Waals surface area contributed by atoms with Crippen LogP contribution >= 0.6 is 0 Å². The molecule has 0 aromatic carbocycles. The summed E-state index contributed by atoms with van der Waals surface area (Å²) in [7, 11) is 0. The van der Waals surface area contributed by atoms with E-state index in [9.17, 15) is 5.11 Å². The van der Waals surface area contributed by atoms with Gasteiger partial charge in [0, 0.05) is 6.42 Å². The summed E-state index contributed by atoms with van der Waals surface area (Å²) < 4.78 is 11.3. The third-order valence-corrected chi connectivity index (χ3v) is 3.27. The van der Waals surface area contributed by atoms with Crippen molar-refractivity contribution in [2.75, 3.05) is 6.61 Å². The minimum Gasteiger partial charge on any atom is -0.387 e. The molecule has 1 heterocycles. The highest BCUT2D eigenvalue weighted by Crippen LogP contribution is 2.34. The number of hydrogen-bond acceptors (Lipinski definition) is 3. The van der Waals surface area contributed by atoms with Gasteiger partial charge in [-0.15, -0.1) is 12.3 Å². The van der Waals surface area contributed by atoms with Gasteiger partial charge in [0.1, 0.15) is 6.10 Å². The zero-order valence-corrected chi connectivity index (χ0v) is 11.2. The lowest BCUT2D eigenvalue weighted by Gasteiger charge is -2.33. The molecular formula is C14H24O3. The maximum absolute atomic E-state index is 10.7. The second kappa shape index (κ2) is 5.86. The van der Waals surface area contributed by atoms with E-state index in [1.807, 2.05) is 13.8 Å². The van der Waals surface area contributed by atoms with Gasteiger partial charge in [0.25, 0.3) is 0 Å². The molecule has 0 unspecified atom stereocenters. The van der Waals surface area contributed by atoms with E-state index in [0.717, 1.165) is 19.3 Å². The largest absolute Gasteiger partial charge is 0.387 e. The number of ether oxygens (including phenoxy) is 2. The molecule has 1 saturated heterocycles. The molecule has 1 aliphatic rings. The van der Waals surface area contributed by atoms with Crippen LogP contribution in [0, 0.1) is 12.3 Å². The van der Waals surface area contributed by atoms with E-state index in [1.165, 1.54) is 0 Å². The summed E-state index contributed by atoms with van der Waals surface area (Å²) in [5.41, 5.74) is -0.851. The smallest absolute Gasteiger partial charge is 0.163 e. The Morgan fingerprint density at radius 2 is 2.18 bits per heavy atom. The van der Waals surface area contributed by atoms with Crippen LogP contribution in [0.5, 0.6) is 0 Å². The average Bonchev–Trinajstić information content (AvgIpc) is 2.65. The summed E-state index contributed by atoms with van der Waals surface area (Å²) in [6.45, 7) is 6.29. The van der Waals surface area contributed by atoms with Crippen LogP contribution in [-0.4, -0.2) is 29.2 Å². The lowest BCUT2D eigenvalue weighted by molar-refractivity contribution is -0.173. The van der Waals surface area contributed by atoms with E-state index in [2.05, 4.69) is 12.8 Å². The Morgan fingerprint density at radius 3 is 2.65 bits per heavy atom. The highest BCUT2D eigenvalue weighted by molar-refractivity contribution is 4.95. The maximum Gasteiger partial charge on any atom is 0.163 e. The molecule has 1 aliphatic heterocycles. The Balaban J connectivity index is 2.66. The zero-order chi connectivity index (χ0) is 12.9. The van der Waals surface area contributed by atoms with Gasteiger partial charge in [0.2, 0.25) is 0 Å². The quantitative estimate of drug-likeness (QED) is 0.725. The van der Waals surface area contributed by atoms with Crippen molar-refractivity contribution in [3.63, 3.8) is 0 Å². The molecule has 98 valence electrons. The van der Waals surface area contributed by atoms with Crippen molar-refractivity contribution < 1.29 is 14.6 Å². The molecule has 3 heteroatoms. The van der Waals surface area contributed by atoms with Gasteiger partial charge < -0.3 is 14.6 Å². The van der Waals surface area contributed by atoms with Crippen LogP contribution in [0.25, 0.3) is 0 Å². The van der Waals surface area contributed by atoms with Gasteiger partial charge in [-0.3, -0.25) is 0 Å². The standard InChI is InChI=1S/C14H24O3/c1-5-7-9-14(15,10-8-6-2)12-11-16-13(3,4)17-12/h1,12,15H,6-11H2,2-4H3/t12-,14-/m0/s1. The molecule has 0 aromatic rings. The van der Waals surface area contributed by atoms with Gasteiger partial charge in [-0.05, 0) is 26.7 Å². The van der Waals surface area contributed by atoms with Crippen LogP contribution in [-0.2, 0) is 9.47 Å². The first-order valence-electron chi connectivity index (χ1n) is 6.41. The lowest BCUT2D eigenvalue weighted by Crippen LogP contribution is -2.44. The molecule has 3 nitrogen and oxygen atoms in total. The average molecular weight is 240 g/mol. The summed E-state index contributed by atoms with van der Waals surface area (Å²) >= 11 is 0. The van der Waals surface area contributed by atoms with Gasteiger partial charge in [-0.1, -0.05) is 19.8 Å². The molecule has 1 N–H and O–H groups in total. The van der Waals surface area contributed by atoms with E-state index < -0.39 is 11.4 Å². The Bertz CT molecular complexity index is 280. The number of aliphatic hydroxyl groups is 1. The fourth-order valence-corrected chi connectivity index (χ4v) is 2.17. The molecule has 1 rings (SSSR count). The van der Waals surface area contributed by atoms with Crippen molar-refractivity contribution in [2.24, 2.45) is 0 Å². The first kappa shape index (κ1) is 14.5. The summed E-state index contributed by atoms with van der Waals surface area (Å²) in [5.74, 6) is 1.99. The highest BCUT2D eigenvalue weighted by Gasteiger charge is 2.45. The summed E-state index contributed by atoms with van der Waals surface area (Å²) in [6.07, 6.45) is 8.91. The van der Waals surface area contributed by atoms with Crippen molar-refractivity contribution in [2.45, 2.75) is 70.4 Å². The molecule has 1 fully saturated rings. The van der Waals surface area contributed by atoms with Crippen molar-refractivity contribution in [1.82, 2.24) is 0 Å². The SMILES string of the molecule is C#CCC[C@](O)(CCCC)[C@@H]1COC(C)(C)O1. The summed E-state index contributed by atoms with van der Waals surface area (Å²) in [5, 5.41) is 10.7. The predicted octanol–water partition coefficient (Wildman–Crippen LogP) is 2.47. The number of unbranched alkanes of at least 4 members (excludes halogenated alkanes) is 1. The van der Waals surface area contributed by atoms with Crippen molar-refractivity contribution in [1.29, 1.82) is 0 Å². The van der Waals surface area contributed by atoms with Crippen molar-refractivity contribution in [3.05, 3.63) is 0 Å². The van der Waals surface area contributed by atoms with Gasteiger partial charge in [-0.25, -0.2) is 0 Å². The highest BCUT2D eigenvalue weighted by atomic mass is 16.7. The monoisotopic (exact) mass is 240 g/mol. The second-order valence-electron chi connectivity index (χ2n) is 5.23.